The van der Waals surface area contributed by atoms with E-state index in [0.29, 0.717) is 36.1 Å². The second kappa shape index (κ2) is 6.05. The molecule has 0 spiro atoms. The predicted octanol–water partition coefficient (Wildman–Crippen LogP) is 1.01. The number of rotatable bonds is 6. The Kier molecular flexibility index (Phi) is 4.18. The Morgan fingerprint density at radius 3 is 3.00 bits per heavy atom. The maximum absolute atomic E-state index is 11.4. The number of aromatic nitrogens is 1. The molecule has 19 heavy (non-hydrogen) atoms. The summed E-state index contributed by atoms with van der Waals surface area (Å²) >= 11 is 0. The maximum Gasteiger partial charge on any atom is 0.220 e. The van der Waals surface area contributed by atoms with E-state index < -0.39 is 0 Å². The molecular formula is C13H17N5O. The fourth-order valence-corrected chi connectivity index (χ4v) is 1.67. The number of hydrogen-bond acceptors (Lipinski definition) is 5. The van der Waals surface area contributed by atoms with Gasteiger partial charge in [-0.15, -0.1) is 0 Å². The van der Waals surface area contributed by atoms with Gasteiger partial charge in [-0.25, -0.2) is 4.98 Å². The summed E-state index contributed by atoms with van der Waals surface area (Å²) in [6, 6.07) is 3.97. The SMILES string of the molecule is N#Cc1cnc(NCCCC(=O)NC2CC2)c(N)c1. The molecule has 1 amide bonds. The van der Waals surface area contributed by atoms with Gasteiger partial charge in [-0.05, 0) is 25.3 Å². The lowest BCUT2D eigenvalue weighted by Crippen LogP contribution is -2.25. The van der Waals surface area contributed by atoms with E-state index in [2.05, 4.69) is 15.6 Å². The van der Waals surface area contributed by atoms with E-state index in [1.807, 2.05) is 6.07 Å². The van der Waals surface area contributed by atoms with Crippen LogP contribution in [0.25, 0.3) is 0 Å². The molecule has 0 unspecified atom stereocenters. The van der Waals surface area contributed by atoms with E-state index in [-0.39, 0.29) is 5.91 Å². The van der Waals surface area contributed by atoms with Gasteiger partial charge in [0.1, 0.15) is 11.9 Å². The van der Waals surface area contributed by atoms with Crippen molar-refractivity contribution in [3.63, 3.8) is 0 Å². The number of nitrogens with two attached hydrogens (primary N) is 1. The van der Waals surface area contributed by atoms with Crippen molar-refractivity contribution in [2.24, 2.45) is 0 Å². The van der Waals surface area contributed by atoms with Crippen LogP contribution in [0.5, 0.6) is 0 Å². The van der Waals surface area contributed by atoms with Crippen LogP contribution in [-0.2, 0) is 4.79 Å². The highest BCUT2D eigenvalue weighted by atomic mass is 16.1. The van der Waals surface area contributed by atoms with Crippen molar-refractivity contribution < 1.29 is 4.79 Å². The van der Waals surface area contributed by atoms with E-state index >= 15 is 0 Å². The minimum Gasteiger partial charge on any atom is -0.396 e. The molecular weight excluding hydrogens is 242 g/mol. The van der Waals surface area contributed by atoms with Gasteiger partial charge in [-0.1, -0.05) is 0 Å². The van der Waals surface area contributed by atoms with Crippen LogP contribution in [0.3, 0.4) is 0 Å². The smallest absolute Gasteiger partial charge is 0.220 e. The van der Waals surface area contributed by atoms with Gasteiger partial charge in [0.2, 0.25) is 5.91 Å². The van der Waals surface area contributed by atoms with Crippen LogP contribution >= 0.6 is 0 Å². The van der Waals surface area contributed by atoms with Gasteiger partial charge in [-0.3, -0.25) is 4.79 Å². The summed E-state index contributed by atoms with van der Waals surface area (Å²) in [4.78, 5) is 15.5. The van der Waals surface area contributed by atoms with Gasteiger partial charge in [0, 0.05) is 25.2 Å². The number of nitrogens with one attached hydrogen (secondary N) is 2. The van der Waals surface area contributed by atoms with E-state index in [1.165, 1.54) is 6.20 Å². The third kappa shape index (κ3) is 4.14. The van der Waals surface area contributed by atoms with Gasteiger partial charge in [0.05, 0.1) is 11.3 Å². The number of anilines is 2. The van der Waals surface area contributed by atoms with E-state index in [9.17, 15) is 4.79 Å². The standard InChI is InChI=1S/C13H17N5O/c14-7-9-6-11(15)13(17-8-9)16-5-1-2-12(19)18-10-3-4-10/h6,8,10H,1-5,15H2,(H,16,17)(H,18,19). The molecule has 1 aromatic heterocycles. The molecule has 2 rings (SSSR count). The second-order valence-corrected chi connectivity index (χ2v) is 4.65. The first-order valence-corrected chi connectivity index (χ1v) is 6.38. The summed E-state index contributed by atoms with van der Waals surface area (Å²) in [7, 11) is 0. The van der Waals surface area contributed by atoms with Crippen molar-refractivity contribution in [1.82, 2.24) is 10.3 Å². The highest BCUT2D eigenvalue weighted by molar-refractivity contribution is 5.76. The molecule has 0 saturated heterocycles. The summed E-state index contributed by atoms with van der Waals surface area (Å²) in [5.41, 5.74) is 6.64. The molecule has 0 aromatic carbocycles. The minimum absolute atomic E-state index is 0.102. The van der Waals surface area contributed by atoms with Gasteiger partial charge < -0.3 is 16.4 Å². The Bertz CT molecular complexity index is 504. The number of nitriles is 1. The lowest BCUT2D eigenvalue weighted by Gasteiger charge is -2.08. The monoisotopic (exact) mass is 259 g/mol. The first-order chi connectivity index (χ1) is 9.19. The molecule has 6 heteroatoms. The zero-order valence-corrected chi connectivity index (χ0v) is 10.6. The number of carbonyl (C=O) groups excluding carboxylic acids is 1. The molecule has 1 aromatic rings. The second-order valence-electron chi connectivity index (χ2n) is 4.65. The number of hydrogen-bond donors (Lipinski definition) is 3. The molecule has 0 atom stereocenters. The number of amides is 1. The fourth-order valence-electron chi connectivity index (χ4n) is 1.67. The lowest BCUT2D eigenvalue weighted by atomic mass is 10.2. The third-order valence-electron chi connectivity index (χ3n) is 2.86. The molecule has 0 radical (unpaired) electrons. The van der Waals surface area contributed by atoms with Crippen LogP contribution in [0.15, 0.2) is 12.3 Å². The number of pyridine rings is 1. The average molecular weight is 259 g/mol. The molecule has 1 heterocycles. The Morgan fingerprint density at radius 2 is 2.37 bits per heavy atom. The molecule has 1 aliphatic carbocycles. The third-order valence-corrected chi connectivity index (χ3v) is 2.86. The summed E-state index contributed by atoms with van der Waals surface area (Å²) in [5, 5.41) is 14.7. The molecule has 4 N–H and O–H groups in total. The molecule has 1 aliphatic rings. The van der Waals surface area contributed by atoms with Gasteiger partial charge >= 0.3 is 0 Å². The highest BCUT2D eigenvalue weighted by Crippen LogP contribution is 2.19. The summed E-state index contributed by atoms with van der Waals surface area (Å²) in [6.07, 6.45) is 4.91. The molecule has 6 nitrogen and oxygen atoms in total. The minimum atomic E-state index is 0.102. The van der Waals surface area contributed by atoms with Gasteiger partial charge in [-0.2, -0.15) is 5.26 Å². The van der Waals surface area contributed by atoms with Crippen molar-refractivity contribution in [2.45, 2.75) is 31.7 Å². The van der Waals surface area contributed by atoms with Crippen LogP contribution in [0, 0.1) is 11.3 Å². The van der Waals surface area contributed by atoms with E-state index in [0.717, 1.165) is 19.3 Å². The molecule has 0 bridgehead atoms. The van der Waals surface area contributed by atoms with Crippen molar-refractivity contribution >= 4 is 17.4 Å². The van der Waals surface area contributed by atoms with Crippen LogP contribution < -0.4 is 16.4 Å². The lowest BCUT2D eigenvalue weighted by molar-refractivity contribution is -0.121. The Hall–Kier alpha value is -2.29. The zero-order chi connectivity index (χ0) is 13.7. The average Bonchev–Trinajstić information content (AvgIpc) is 3.20. The Labute approximate surface area is 112 Å². The summed E-state index contributed by atoms with van der Waals surface area (Å²) in [5.74, 6) is 0.659. The molecule has 100 valence electrons. The van der Waals surface area contributed by atoms with Crippen molar-refractivity contribution in [1.29, 1.82) is 5.26 Å². The largest absolute Gasteiger partial charge is 0.396 e. The highest BCUT2D eigenvalue weighted by Gasteiger charge is 2.22. The van der Waals surface area contributed by atoms with Crippen LogP contribution in [0.4, 0.5) is 11.5 Å². The number of carbonyl (C=O) groups is 1. The molecule has 0 aliphatic heterocycles. The van der Waals surface area contributed by atoms with Gasteiger partial charge in [0.15, 0.2) is 0 Å². The van der Waals surface area contributed by atoms with Crippen LogP contribution in [0.2, 0.25) is 0 Å². The Morgan fingerprint density at radius 1 is 1.58 bits per heavy atom. The van der Waals surface area contributed by atoms with Crippen LogP contribution in [0.1, 0.15) is 31.2 Å². The normalized spacial score (nSPS) is 13.6. The number of nitrogen functional groups attached to an aromatic ring is 1. The van der Waals surface area contributed by atoms with Crippen molar-refractivity contribution in [3.05, 3.63) is 17.8 Å². The topological polar surface area (TPSA) is 104 Å². The Balaban J connectivity index is 1.70. The molecule has 1 fully saturated rings. The first kappa shape index (κ1) is 13.1. The van der Waals surface area contributed by atoms with Crippen molar-refractivity contribution in [2.75, 3.05) is 17.6 Å². The van der Waals surface area contributed by atoms with E-state index in [4.69, 9.17) is 11.0 Å². The number of nitrogens with zero attached hydrogens (tertiary/aromatic N) is 2. The predicted molar refractivity (Wildman–Crippen MR) is 72.3 cm³/mol. The fraction of sp³-hybridized carbons (Fsp3) is 0.462. The van der Waals surface area contributed by atoms with Crippen LogP contribution in [-0.4, -0.2) is 23.5 Å². The summed E-state index contributed by atoms with van der Waals surface area (Å²) < 4.78 is 0. The zero-order valence-electron chi connectivity index (χ0n) is 10.6. The van der Waals surface area contributed by atoms with E-state index in [1.54, 1.807) is 6.07 Å². The first-order valence-electron chi connectivity index (χ1n) is 6.38. The van der Waals surface area contributed by atoms with Gasteiger partial charge in [0.25, 0.3) is 0 Å². The molecule has 1 saturated carbocycles. The van der Waals surface area contributed by atoms with Crippen molar-refractivity contribution in [3.8, 4) is 6.07 Å². The quantitative estimate of drug-likeness (QED) is 0.661. The maximum atomic E-state index is 11.4. The summed E-state index contributed by atoms with van der Waals surface area (Å²) in [6.45, 7) is 0.626.